The van der Waals surface area contributed by atoms with Crippen molar-refractivity contribution < 1.29 is 13.9 Å². The van der Waals surface area contributed by atoms with Gasteiger partial charge in [0.05, 0.1) is 12.2 Å². The van der Waals surface area contributed by atoms with E-state index in [1.54, 1.807) is 26.2 Å². The summed E-state index contributed by atoms with van der Waals surface area (Å²) < 4.78 is 24.5. The minimum Gasteiger partial charge on any atom is -0.490 e. The molecule has 0 bridgehead atoms. The highest BCUT2D eigenvalue weighted by Crippen LogP contribution is 2.27. The number of halogens is 1. The highest BCUT2D eigenvalue weighted by atomic mass is 19.1. The van der Waals surface area contributed by atoms with Crippen molar-refractivity contribution in [1.82, 2.24) is 0 Å². The van der Waals surface area contributed by atoms with Crippen LogP contribution in [0.5, 0.6) is 5.75 Å². The fraction of sp³-hybridized carbons (Fsp3) is 0.571. The maximum absolute atomic E-state index is 13.7. The lowest BCUT2D eigenvalue weighted by Gasteiger charge is -2.23. The van der Waals surface area contributed by atoms with Crippen molar-refractivity contribution in [3.63, 3.8) is 0 Å². The SMILES string of the molecule is COC(C)(C)CCOc1c(F)cccc1[C@H](C)N. The van der Waals surface area contributed by atoms with E-state index in [-0.39, 0.29) is 23.2 Å². The molecule has 1 atom stereocenters. The summed E-state index contributed by atoms with van der Waals surface area (Å²) in [7, 11) is 1.65. The summed E-state index contributed by atoms with van der Waals surface area (Å²) >= 11 is 0. The molecule has 18 heavy (non-hydrogen) atoms. The lowest BCUT2D eigenvalue weighted by molar-refractivity contribution is 0.00503. The molecule has 2 N–H and O–H groups in total. The average Bonchev–Trinajstić information content (AvgIpc) is 2.30. The molecule has 0 aliphatic rings. The van der Waals surface area contributed by atoms with Gasteiger partial charge in [0.1, 0.15) is 0 Å². The van der Waals surface area contributed by atoms with Crippen LogP contribution >= 0.6 is 0 Å². The number of para-hydroxylation sites is 1. The van der Waals surface area contributed by atoms with E-state index in [4.69, 9.17) is 15.2 Å². The number of nitrogens with two attached hydrogens (primary N) is 1. The Morgan fingerprint density at radius 2 is 2.06 bits per heavy atom. The van der Waals surface area contributed by atoms with Crippen molar-refractivity contribution >= 4 is 0 Å². The number of methoxy groups -OCH3 is 1. The molecule has 0 aliphatic carbocycles. The normalized spacial score (nSPS) is 13.4. The van der Waals surface area contributed by atoms with Gasteiger partial charge in [-0.1, -0.05) is 12.1 Å². The summed E-state index contributed by atoms with van der Waals surface area (Å²) in [6.45, 7) is 6.12. The molecule has 0 saturated carbocycles. The number of hydrogen-bond donors (Lipinski definition) is 1. The van der Waals surface area contributed by atoms with Crippen molar-refractivity contribution in [1.29, 1.82) is 0 Å². The third-order valence-electron chi connectivity index (χ3n) is 2.99. The Kier molecular flexibility index (Phi) is 5.11. The smallest absolute Gasteiger partial charge is 0.165 e. The molecule has 0 fully saturated rings. The van der Waals surface area contributed by atoms with Gasteiger partial charge in [0.25, 0.3) is 0 Å². The molecular weight excluding hydrogens is 233 g/mol. The molecule has 1 aromatic carbocycles. The number of hydrogen-bond acceptors (Lipinski definition) is 3. The van der Waals surface area contributed by atoms with Crippen LogP contribution in [0, 0.1) is 5.82 Å². The molecule has 0 saturated heterocycles. The molecule has 3 nitrogen and oxygen atoms in total. The first kappa shape index (κ1) is 14.9. The Balaban J connectivity index is 2.73. The van der Waals surface area contributed by atoms with E-state index in [9.17, 15) is 4.39 Å². The minimum atomic E-state index is -0.375. The van der Waals surface area contributed by atoms with Gasteiger partial charge in [-0.15, -0.1) is 0 Å². The van der Waals surface area contributed by atoms with E-state index in [1.165, 1.54) is 6.07 Å². The summed E-state index contributed by atoms with van der Waals surface area (Å²) in [5, 5.41) is 0. The molecule has 0 unspecified atom stereocenters. The molecular formula is C14H22FNO2. The van der Waals surface area contributed by atoms with Crippen LogP contribution in [0.25, 0.3) is 0 Å². The van der Waals surface area contributed by atoms with Gasteiger partial charge >= 0.3 is 0 Å². The Bertz CT molecular complexity index is 391. The second-order valence-corrected chi connectivity index (χ2v) is 5.01. The standard InChI is InChI=1S/C14H22FNO2/c1-10(16)11-6-5-7-12(15)13(11)18-9-8-14(2,3)17-4/h5-7,10H,8-9,16H2,1-4H3/t10-/m0/s1. The lowest BCUT2D eigenvalue weighted by atomic mass is 10.1. The minimum absolute atomic E-state index is 0.249. The molecule has 0 amide bonds. The maximum atomic E-state index is 13.7. The van der Waals surface area contributed by atoms with Crippen molar-refractivity contribution in [3.05, 3.63) is 29.6 Å². The van der Waals surface area contributed by atoms with Crippen LogP contribution in [0.1, 0.15) is 38.8 Å². The fourth-order valence-electron chi connectivity index (χ4n) is 1.54. The number of ether oxygens (including phenoxy) is 2. The Morgan fingerprint density at radius 1 is 1.39 bits per heavy atom. The Labute approximate surface area is 108 Å². The van der Waals surface area contributed by atoms with Crippen molar-refractivity contribution in [2.75, 3.05) is 13.7 Å². The molecule has 0 aromatic heterocycles. The van der Waals surface area contributed by atoms with Gasteiger partial charge in [-0.3, -0.25) is 0 Å². The second kappa shape index (κ2) is 6.16. The topological polar surface area (TPSA) is 44.5 Å². The van der Waals surface area contributed by atoms with Gasteiger partial charge in [-0.05, 0) is 26.8 Å². The Morgan fingerprint density at radius 3 is 2.61 bits per heavy atom. The summed E-state index contributed by atoms with van der Waals surface area (Å²) in [5.74, 6) is -0.126. The molecule has 0 heterocycles. The van der Waals surface area contributed by atoms with E-state index in [2.05, 4.69) is 0 Å². The van der Waals surface area contributed by atoms with Gasteiger partial charge in [-0.25, -0.2) is 4.39 Å². The van der Waals surface area contributed by atoms with Crippen LogP contribution < -0.4 is 10.5 Å². The van der Waals surface area contributed by atoms with Crippen LogP contribution in [-0.4, -0.2) is 19.3 Å². The van der Waals surface area contributed by atoms with Gasteiger partial charge in [-0.2, -0.15) is 0 Å². The van der Waals surface area contributed by atoms with E-state index in [0.29, 0.717) is 18.6 Å². The van der Waals surface area contributed by atoms with E-state index >= 15 is 0 Å². The first-order valence-electron chi connectivity index (χ1n) is 6.09. The fourth-order valence-corrected chi connectivity index (χ4v) is 1.54. The molecule has 1 aromatic rings. The zero-order valence-corrected chi connectivity index (χ0v) is 11.5. The first-order chi connectivity index (χ1) is 8.37. The van der Waals surface area contributed by atoms with E-state index < -0.39 is 0 Å². The van der Waals surface area contributed by atoms with Crippen LogP contribution in [-0.2, 0) is 4.74 Å². The third-order valence-corrected chi connectivity index (χ3v) is 2.99. The molecule has 1 rings (SSSR count). The molecule has 102 valence electrons. The van der Waals surface area contributed by atoms with Crippen molar-refractivity contribution in [2.45, 2.75) is 38.8 Å². The van der Waals surface area contributed by atoms with Gasteiger partial charge in [0.15, 0.2) is 11.6 Å². The maximum Gasteiger partial charge on any atom is 0.165 e. The Hall–Kier alpha value is -1.13. The lowest BCUT2D eigenvalue weighted by Crippen LogP contribution is -2.25. The quantitative estimate of drug-likeness (QED) is 0.849. The molecule has 0 radical (unpaired) electrons. The largest absolute Gasteiger partial charge is 0.490 e. The van der Waals surface area contributed by atoms with Crippen LogP contribution in [0.3, 0.4) is 0 Å². The van der Waals surface area contributed by atoms with E-state index in [0.717, 1.165) is 0 Å². The van der Waals surface area contributed by atoms with Gasteiger partial charge < -0.3 is 15.2 Å². The summed E-state index contributed by atoms with van der Waals surface area (Å²) in [6, 6.07) is 4.54. The number of rotatable bonds is 6. The van der Waals surface area contributed by atoms with Crippen LogP contribution in [0.4, 0.5) is 4.39 Å². The monoisotopic (exact) mass is 255 g/mol. The highest BCUT2D eigenvalue weighted by Gasteiger charge is 2.18. The summed E-state index contributed by atoms with van der Waals surface area (Å²) in [6.07, 6.45) is 0.677. The van der Waals surface area contributed by atoms with Gasteiger partial charge in [0, 0.05) is 25.1 Å². The third kappa shape index (κ3) is 3.96. The summed E-state index contributed by atoms with van der Waals surface area (Å²) in [4.78, 5) is 0. The molecule has 4 heteroatoms. The second-order valence-electron chi connectivity index (χ2n) is 5.01. The average molecular weight is 255 g/mol. The molecule has 0 aliphatic heterocycles. The predicted molar refractivity (Wildman–Crippen MR) is 70.2 cm³/mol. The number of benzene rings is 1. The predicted octanol–water partition coefficient (Wildman–Crippen LogP) is 3.04. The zero-order chi connectivity index (χ0) is 13.8. The van der Waals surface area contributed by atoms with Crippen molar-refractivity contribution in [2.24, 2.45) is 5.73 Å². The van der Waals surface area contributed by atoms with Crippen LogP contribution in [0.15, 0.2) is 18.2 Å². The summed E-state index contributed by atoms with van der Waals surface area (Å²) in [5.41, 5.74) is 6.20. The zero-order valence-electron chi connectivity index (χ0n) is 11.5. The van der Waals surface area contributed by atoms with Crippen LogP contribution in [0.2, 0.25) is 0 Å². The van der Waals surface area contributed by atoms with Gasteiger partial charge in [0.2, 0.25) is 0 Å². The van der Waals surface area contributed by atoms with Crippen molar-refractivity contribution in [3.8, 4) is 5.75 Å². The highest BCUT2D eigenvalue weighted by molar-refractivity contribution is 5.36. The van der Waals surface area contributed by atoms with E-state index in [1.807, 2.05) is 13.8 Å². The first-order valence-corrected chi connectivity index (χ1v) is 6.09. The molecule has 0 spiro atoms.